The molecular weight excluding hydrogens is 302 g/mol. The summed E-state index contributed by atoms with van der Waals surface area (Å²) in [4.78, 5) is 2.44. The van der Waals surface area contributed by atoms with Gasteiger partial charge in [0.2, 0.25) is 0 Å². The normalized spacial score (nSPS) is 23.8. The monoisotopic (exact) mass is 339 g/mol. The van der Waals surface area contributed by atoms with Crippen molar-refractivity contribution in [3.05, 3.63) is 59.3 Å². The molecule has 0 bridgehead atoms. The maximum atomic E-state index is 4.27. The Bertz CT molecular complexity index is 661. The predicted molar refractivity (Wildman–Crippen MR) is 111 cm³/mol. The highest BCUT2D eigenvalue weighted by Gasteiger charge is 2.42. The molecule has 1 saturated heterocycles. The van der Waals surface area contributed by atoms with Crippen molar-refractivity contribution in [1.82, 2.24) is 4.90 Å². The molecule has 1 aromatic rings. The van der Waals surface area contributed by atoms with Crippen LogP contribution in [0.15, 0.2) is 42.6 Å². The first-order valence-corrected chi connectivity index (χ1v) is 9.66. The van der Waals surface area contributed by atoms with Crippen molar-refractivity contribution in [2.45, 2.75) is 67.2 Å². The third kappa shape index (κ3) is 4.37. The molecule has 0 saturated carbocycles. The van der Waals surface area contributed by atoms with Gasteiger partial charge in [-0.05, 0) is 59.8 Å². The van der Waals surface area contributed by atoms with Crippen LogP contribution < -0.4 is 0 Å². The van der Waals surface area contributed by atoms with Gasteiger partial charge in [0.15, 0.2) is 0 Å². The van der Waals surface area contributed by atoms with Gasteiger partial charge >= 0.3 is 0 Å². The molecule has 0 amide bonds. The van der Waals surface area contributed by atoms with Crippen LogP contribution in [-0.4, -0.2) is 18.0 Å². The van der Waals surface area contributed by atoms with Crippen molar-refractivity contribution >= 4 is 0 Å². The van der Waals surface area contributed by atoms with Crippen LogP contribution in [-0.2, 0) is 6.42 Å². The topological polar surface area (TPSA) is 3.24 Å². The van der Waals surface area contributed by atoms with E-state index in [2.05, 4.69) is 84.7 Å². The van der Waals surface area contributed by atoms with Gasteiger partial charge in [-0.2, -0.15) is 0 Å². The van der Waals surface area contributed by atoms with Gasteiger partial charge in [0.05, 0.1) is 0 Å². The van der Waals surface area contributed by atoms with Crippen LogP contribution in [0.3, 0.4) is 0 Å². The van der Waals surface area contributed by atoms with E-state index in [1.807, 2.05) is 0 Å². The summed E-state index contributed by atoms with van der Waals surface area (Å²) < 4.78 is 0. The Hall–Kier alpha value is -1.50. The number of benzene rings is 1. The van der Waals surface area contributed by atoms with Crippen molar-refractivity contribution < 1.29 is 0 Å². The number of likely N-dealkylation sites (tertiary alicyclic amines) is 1. The van der Waals surface area contributed by atoms with E-state index >= 15 is 0 Å². The molecule has 0 aromatic heterocycles. The maximum Gasteiger partial charge on any atom is 0.0317 e. The Morgan fingerprint density at radius 2 is 1.92 bits per heavy atom. The molecule has 2 atom stereocenters. The summed E-state index contributed by atoms with van der Waals surface area (Å²) in [7, 11) is 0. The number of rotatable bonds is 5. The van der Waals surface area contributed by atoms with Gasteiger partial charge in [0.1, 0.15) is 0 Å². The lowest BCUT2D eigenvalue weighted by molar-refractivity contribution is 0.285. The highest BCUT2D eigenvalue weighted by atomic mass is 15.2. The zero-order valence-corrected chi connectivity index (χ0v) is 17.5. The van der Waals surface area contributed by atoms with Crippen LogP contribution in [0.2, 0.25) is 0 Å². The highest BCUT2D eigenvalue weighted by molar-refractivity contribution is 5.36. The molecule has 1 aliphatic rings. The second-order valence-electron chi connectivity index (χ2n) is 9.59. The van der Waals surface area contributed by atoms with E-state index < -0.39 is 0 Å². The summed E-state index contributed by atoms with van der Waals surface area (Å²) in [5, 5.41) is 0. The first kappa shape index (κ1) is 19.8. The zero-order valence-electron chi connectivity index (χ0n) is 17.5. The van der Waals surface area contributed by atoms with Crippen molar-refractivity contribution in [3.8, 4) is 0 Å². The smallest absolute Gasteiger partial charge is 0.0317 e. The van der Waals surface area contributed by atoms with Gasteiger partial charge < -0.3 is 4.90 Å². The van der Waals surface area contributed by atoms with Crippen LogP contribution in [0.25, 0.3) is 0 Å². The molecule has 1 aliphatic heterocycles. The fourth-order valence-electron chi connectivity index (χ4n) is 4.06. The minimum atomic E-state index is 0.284. The largest absolute Gasteiger partial charge is 0.371 e. The molecule has 1 nitrogen and oxygen atoms in total. The number of nitrogens with zero attached hydrogens (tertiary/aromatic N) is 1. The maximum absolute atomic E-state index is 4.27. The predicted octanol–water partition coefficient (Wildman–Crippen LogP) is 6.49. The van der Waals surface area contributed by atoms with Crippen LogP contribution in [0, 0.1) is 17.8 Å². The molecule has 0 N–H and O–H groups in total. The van der Waals surface area contributed by atoms with Crippen LogP contribution >= 0.6 is 0 Å². The number of hydrogen-bond donors (Lipinski definition) is 0. The number of allylic oxidation sites excluding steroid dienone is 1. The molecule has 2 unspecified atom stereocenters. The van der Waals surface area contributed by atoms with Gasteiger partial charge in [0, 0.05) is 24.7 Å². The Labute approximate surface area is 155 Å². The van der Waals surface area contributed by atoms with E-state index in [9.17, 15) is 0 Å². The first-order chi connectivity index (χ1) is 11.5. The van der Waals surface area contributed by atoms with Crippen LogP contribution in [0.5, 0.6) is 0 Å². The Kier molecular flexibility index (Phi) is 5.56. The first-order valence-electron chi connectivity index (χ1n) is 9.66. The molecule has 0 spiro atoms. The van der Waals surface area contributed by atoms with Gasteiger partial charge in [-0.3, -0.25) is 0 Å². The lowest BCUT2D eigenvalue weighted by atomic mass is 9.73. The molecule has 0 radical (unpaired) electrons. The van der Waals surface area contributed by atoms with E-state index in [-0.39, 0.29) is 5.41 Å². The quantitative estimate of drug-likeness (QED) is 0.554. The lowest BCUT2D eigenvalue weighted by Crippen LogP contribution is -2.25. The van der Waals surface area contributed by atoms with E-state index in [4.69, 9.17) is 0 Å². The minimum absolute atomic E-state index is 0.284. The third-order valence-corrected chi connectivity index (χ3v) is 5.97. The van der Waals surface area contributed by atoms with Crippen molar-refractivity contribution in [2.24, 2.45) is 10.8 Å². The highest BCUT2D eigenvalue weighted by Crippen LogP contribution is 2.47. The van der Waals surface area contributed by atoms with Crippen LogP contribution in [0.4, 0.5) is 0 Å². The molecule has 1 fully saturated rings. The zero-order chi connectivity index (χ0) is 19.0. The average Bonchev–Trinajstić information content (AvgIpc) is 2.86. The Morgan fingerprint density at radius 3 is 2.44 bits per heavy atom. The van der Waals surface area contributed by atoms with Gasteiger partial charge in [-0.25, -0.2) is 0 Å². The fourth-order valence-corrected chi connectivity index (χ4v) is 4.06. The summed E-state index contributed by atoms with van der Waals surface area (Å²) in [6, 6.07) is 7.15. The molecular formula is C24H37N. The Morgan fingerprint density at radius 1 is 1.28 bits per heavy atom. The average molecular weight is 340 g/mol. The summed E-state index contributed by atoms with van der Waals surface area (Å²) in [5.74, 6) is 0.549. The summed E-state index contributed by atoms with van der Waals surface area (Å²) in [6.45, 7) is 26.5. The third-order valence-electron chi connectivity index (χ3n) is 5.97. The second-order valence-corrected chi connectivity index (χ2v) is 9.59. The summed E-state index contributed by atoms with van der Waals surface area (Å²) >= 11 is 0. The number of hydrogen-bond acceptors (Lipinski definition) is 1. The summed E-state index contributed by atoms with van der Waals surface area (Å²) in [5.41, 5.74) is 7.19. The molecule has 1 aromatic carbocycles. The van der Waals surface area contributed by atoms with Crippen molar-refractivity contribution in [1.29, 1.82) is 0 Å². The van der Waals surface area contributed by atoms with E-state index in [1.54, 1.807) is 0 Å². The SMILES string of the molecule is C=C(C)C(=C)N1CC(c2ccc(C)c(CC(C)(C)C)c2)C(C)(CC)C1. The molecule has 2 rings (SSSR count). The van der Waals surface area contributed by atoms with E-state index in [0.29, 0.717) is 11.3 Å². The fraction of sp³-hybridized carbons (Fsp3) is 0.583. The minimum Gasteiger partial charge on any atom is -0.371 e. The van der Waals surface area contributed by atoms with Gasteiger partial charge in [0.25, 0.3) is 0 Å². The summed E-state index contributed by atoms with van der Waals surface area (Å²) in [6.07, 6.45) is 2.31. The van der Waals surface area contributed by atoms with Gasteiger partial charge in [-0.1, -0.05) is 66.0 Å². The molecule has 1 heteroatoms. The molecule has 138 valence electrons. The van der Waals surface area contributed by atoms with E-state index in [0.717, 1.165) is 30.8 Å². The number of aryl methyl sites for hydroxylation is 1. The lowest BCUT2D eigenvalue weighted by Gasteiger charge is -2.30. The van der Waals surface area contributed by atoms with Crippen molar-refractivity contribution in [2.75, 3.05) is 13.1 Å². The Balaban J connectivity index is 2.37. The standard InChI is InChI=1S/C24H37N/c1-10-24(9)16-25(19(5)17(2)3)15-22(24)20-12-11-18(4)21(13-20)14-23(6,7)8/h11-13,22H,2,5,10,14-16H2,1,3-4,6-9H3. The molecule has 0 aliphatic carbocycles. The van der Waals surface area contributed by atoms with Crippen molar-refractivity contribution in [3.63, 3.8) is 0 Å². The van der Waals surface area contributed by atoms with Gasteiger partial charge in [-0.15, -0.1) is 0 Å². The second kappa shape index (κ2) is 7.02. The molecule has 25 heavy (non-hydrogen) atoms. The molecule has 1 heterocycles. The van der Waals surface area contributed by atoms with E-state index in [1.165, 1.54) is 23.1 Å². The van der Waals surface area contributed by atoms with Crippen LogP contribution in [0.1, 0.15) is 70.6 Å².